The zero-order valence-corrected chi connectivity index (χ0v) is 16.7. The number of benzene rings is 2. The summed E-state index contributed by atoms with van der Waals surface area (Å²) in [4.78, 5) is 30.5. The van der Waals surface area contributed by atoms with E-state index < -0.39 is 29.4 Å². The number of nitrogens with zero attached hydrogens (tertiary/aromatic N) is 2. The van der Waals surface area contributed by atoms with Crippen molar-refractivity contribution < 1.29 is 23.1 Å². The topological polar surface area (TPSA) is 71.5 Å². The maximum absolute atomic E-state index is 13.4. The first kappa shape index (κ1) is 20.7. The van der Waals surface area contributed by atoms with Crippen LogP contribution in [0.2, 0.25) is 0 Å². The van der Waals surface area contributed by atoms with Gasteiger partial charge in [-0.3, -0.25) is 14.6 Å². The molecule has 2 aromatic carbocycles. The normalized spacial score (nSPS) is 16.0. The van der Waals surface area contributed by atoms with E-state index >= 15 is 0 Å². The lowest BCUT2D eigenvalue weighted by molar-refractivity contribution is -0.132. The minimum atomic E-state index is -0.866. The lowest BCUT2D eigenvalue weighted by Gasteiger charge is -2.17. The molecule has 2 amide bonds. The van der Waals surface area contributed by atoms with Crippen molar-refractivity contribution in [2.75, 3.05) is 24.6 Å². The SMILES string of the molecule is O=C(NCCCOc1cccc2cccnc12)C1CCN(c2cc(F)cc(F)c2)C1=O. The Bertz CT molecular complexity index is 1100. The van der Waals surface area contributed by atoms with Crippen LogP contribution in [0, 0.1) is 17.6 Å². The Balaban J connectivity index is 1.26. The first-order valence-corrected chi connectivity index (χ1v) is 10.0. The largest absolute Gasteiger partial charge is 0.491 e. The first-order chi connectivity index (χ1) is 15.0. The van der Waals surface area contributed by atoms with Crippen LogP contribution in [0.3, 0.4) is 0 Å². The lowest BCUT2D eigenvalue weighted by Crippen LogP contribution is -2.37. The number of nitrogens with one attached hydrogen (secondary N) is 1. The Morgan fingerprint density at radius 2 is 1.94 bits per heavy atom. The molecule has 160 valence electrons. The van der Waals surface area contributed by atoms with Crippen molar-refractivity contribution in [3.8, 4) is 5.75 Å². The molecule has 4 rings (SSSR count). The lowest BCUT2D eigenvalue weighted by atomic mass is 10.1. The van der Waals surface area contributed by atoms with E-state index in [1.807, 2.05) is 30.3 Å². The summed E-state index contributed by atoms with van der Waals surface area (Å²) in [5, 5.41) is 3.73. The first-order valence-electron chi connectivity index (χ1n) is 10.0. The molecule has 1 atom stereocenters. The summed E-state index contributed by atoms with van der Waals surface area (Å²) in [6.07, 6.45) is 2.55. The van der Waals surface area contributed by atoms with Crippen molar-refractivity contribution >= 4 is 28.4 Å². The summed E-state index contributed by atoms with van der Waals surface area (Å²) >= 11 is 0. The van der Waals surface area contributed by atoms with Gasteiger partial charge in [0.1, 0.15) is 28.8 Å². The summed E-state index contributed by atoms with van der Waals surface area (Å²) in [6.45, 7) is 0.954. The second kappa shape index (κ2) is 9.07. The average molecular weight is 425 g/mol. The molecular weight excluding hydrogens is 404 g/mol. The van der Waals surface area contributed by atoms with Crippen LogP contribution in [0.25, 0.3) is 10.9 Å². The molecule has 1 fully saturated rings. The second-order valence-corrected chi connectivity index (χ2v) is 7.28. The van der Waals surface area contributed by atoms with Gasteiger partial charge in [-0.2, -0.15) is 0 Å². The van der Waals surface area contributed by atoms with E-state index in [0.29, 0.717) is 31.7 Å². The molecule has 0 spiro atoms. The van der Waals surface area contributed by atoms with Gasteiger partial charge in [-0.25, -0.2) is 8.78 Å². The molecule has 3 aromatic rings. The third-order valence-electron chi connectivity index (χ3n) is 5.15. The molecule has 31 heavy (non-hydrogen) atoms. The fourth-order valence-electron chi connectivity index (χ4n) is 3.66. The van der Waals surface area contributed by atoms with E-state index in [4.69, 9.17) is 4.74 Å². The summed E-state index contributed by atoms with van der Waals surface area (Å²) in [6, 6.07) is 12.4. The smallest absolute Gasteiger partial charge is 0.239 e. The van der Waals surface area contributed by atoms with Gasteiger partial charge in [-0.15, -0.1) is 0 Å². The van der Waals surface area contributed by atoms with Gasteiger partial charge in [0.05, 0.1) is 6.61 Å². The summed E-state index contributed by atoms with van der Waals surface area (Å²) < 4.78 is 32.7. The molecule has 1 unspecified atom stereocenters. The molecule has 1 aliphatic rings. The Hall–Kier alpha value is -3.55. The maximum atomic E-state index is 13.4. The summed E-state index contributed by atoms with van der Waals surface area (Å²) in [5.74, 6) is -2.58. The van der Waals surface area contributed by atoms with Crippen molar-refractivity contribution in [3.05, 3.63) is 66.4 Å². The zero-order valence-electron chi connectivity index (χ0n) is 16.7. The Labute approximate surface area is 177 Å². The van der Waals surface area contributed by atoms with Gasteiger partial charge in [-0.05, 0) is 37.1 Å². The van der Waals surface area contributed by atoms with Crippen LogP contribution in [0.5, 0.6) is 5.75 Å². The van der Waals surface area contributed by atoms with E-state index in [2.05, 4.69) is 10.3 Å². The highest BCUT2D eigenvalue weighted by Crippen LogP contribution is 2.27. The molecule has 0 aliphatic carbocycles. The number of halogens is 2. The van der Waals surface area contributed by atoms with E-state index in [9.17, 15) is 18.4 Å². The standard InChI is InChI=1S/C23H21F2N3O3/c24-16-12-17(25)14-18(13-16)28-10-7-19(23(28)30)22(29)27-9-3-11-31-20-6-1-4-15-5-2-8-26-21(15)20/h1-2,4-6,8,12-14,19H,3,7,9-11H2,(H,27,29). The Morgan fingerprint density at radius 3 is 2.74 bits per heavy atom. The van der Waals surface area contributed by atoms with Crippen LogP contribution >= 0.6 is 0 Å². The van der Waals surface area contributed by atoms with E-state index in [0.717, 1.165) is 29.1 Å². The van der Waals surface area contributed by atoms with Crippen molar-refractivity contribution in [1.29, 1.82) is 0 Å². The molecule has 0 radical (unpaired) electrons. The number of hydrogen-bond donors (Lipinski definition) is 1. The van der Waals surface area contributed by atoms with Crippen molar-refractivity contribution in [2.45, 2.75) is 12.8 Å². The third-order valence-corrected chi connectivity index (χ3v) is 5.15. The monoisotopic (exact) mass is 425 g/mol. The highest BCUT2D eigenvalue weighted by atomic mass is 19.1. The number of pyridine rings is 1. The maximum Gasteiger partial charge on any atom is 0.239 e. The van der Waals surface area contributed by atoms with Crippen molar-refractivity contribution in [1.82, 2.24) is 10.3 Å². The molecule has 8 heteroatoms. The molecule has 1 aliphatic heterocycles. The minimum Gasteiger partial charge on any atom is -0.491 e. The number of carbonyl (C=O) groups is 2. The quantitative estimate of drug-likeness (QED) is 0.465. The van der Waals surface area contributed by atoms with Gasteiger partial charge in [0.25, 0.3) is 0 Å². The summed E-state index contributed by atoms with van der Waals surface area (Å²) in [5.41, 5.74) is 0.898. The number of ether oxygens (including phenoxy) is 1. The van der Waals surface area contributed by atoms with Gasteiger partial charge in [-0.1, -0.05) is 18.2 Å². The zero-order chi connectivity index (χ0) is 21.8. The molecule has 0 bridgehead atoms. The van der Waals surface area contributed by atoms with E-state index in [1.165, 1.54) is 4.90 Å². The number of carbonyl (C=O) groups excluding carboxylic acids is 2. The van der Waals surface area contributed by atoms with Crippen molar-refractivity contribution in [2.24, 2.45) is 5.92 Å². The molecule has 6 nitrogen and oxygen atoms in total. The van der Waals surface area contributed by atoms with Crippen molar-refractivity contribution in [3.63, 3.8) is 0 Å². The number of hydrogen-bond acceptors (Lipinski definition) is 4. The van der Waals surface area contributed by atoms with Crippen LogP contribution in [0.15, 0.2) is 54.7 Å². The second-order valence-electron chi connectivity index (χ2n) is 7.28. The Kier molecular flexibility index (Phi) is 6.06. The molecular formula is C23H21F2N3O3. The van der Waals surface area contributed by atoms with Gasteiger partial charge in [0.2, 0.25) is 11.8 Å². The van der Waals surface area contributed by atoms with Crippen LogP contribution in [-0.4, -0.2) is 36.5 Å². The number of anilines is 1. The van der Waals surface area contributed by atoms with E-state index in [-0.39, 0.29) is 12.2 Å². The molecule has 0 saturated carbocycles. The van der Waals surface area contributed by atoms with Gasteiger partial charge < -0.3 is 15.0 Å². The molecule has 1 aromatic heterocycles. The van der Waals surface area contributed by atoms with Crippen LogP contribution in [0.1, 0.15) is 12.8 Å². The molecule has 2 heterocycles. The Morgan fingerprint density at radius 1 is 1.16 bits per heavy atom. The average Bonchev–Trinajstić information content (AvgIpc) is 3.14. The third kappa shape index (κ3) is 4.63. The highest BCUT2D eigenvalue weighted by Gasteiger charge is 2.37. The fourth-order valence-corrected chi connectivity index (χ4v) is 3.66. The number of para-hydroxylation sites is 1. The van der Waals surface area contributed by atoms with Gasteiger partial charge >= 0.3 is 0 Å². The predicted octanol–water partition coefficient (Wildman–Crippen LogP) is 3.45. The van der Waals surface area contributed by atoms with Crippen LogP contribution in [-0.2, 0) is 9.59 Å². The molecule has 1 N–H and O–H groups in total. The number of aromatic nitrogens is 1. The molecule has 1 saturated heterocycles. The minimum absolute atomic E-state index is 0.120. The van der Waals surface area contributed by atoms with E-state index in [1.54, 1.807) is 6.20 Å². The van der Waals surface area contributed by atoms with Crippen LogP contribution < -0.4 is 15.0 Å². The fraction of sp³-hybridized carbons (Fsp3) is 0.261. The number of rotatable bonds is 7. The number of amides is 2. The summed E-state index contributed by atoms with van der Waals surface area (Å²) in [7, 11) is 0. The predicted molar refractivity (Wildman–Crippen MR) is 112 cm³/mol. The highest BCUT2D eigenvalue weighted by molar-refractivity contribution is 6.09. The van der Waals surface area contributed by atoms with Crippen LogP contribution in [0.4, 0.5) is 14.5 Å². The van der Waals surface area contributed by atoms with Gasteiger partial charge in [0, 0.05) is 36.4 Å². The van der Waals surface area contributed by atoms with Gasteiger partial charge in [0.15, 0.2) is 0 Å². The number of fused-ring (bicyclic) bond motifs is 1.